The molecule has 1 fully saturated rings. The number of thiazole rings is 1. The van der Waals surface area contributed by atoms with Crippen LogP contribution in [0.25, 0.3) is 0 Å². The van der Waals surface area contributed by atoms with Gasteiger partial charge in [-0.2, -0.15) is 0 Å². The van der Waals surface area contributed by atoms with Gasteiger partial charge in [0.15, 0.2) is 5.13 Å². The van der Waals surface area contributed by atoms with Crippen molar-refractivity contribution in [1.29, 1.82) is 0 Å². The van der Waals surface area contributed by atoms with Crippen LogP contribution in [0.2, 0.25) is 0 Å². The van der Waals surface area contributed by atoms with Gasteiger partial charge in [-0.3, -0.25) is 4.79 Å². The van der Waals surface area contributed by atoms with E-state index in [4.69, 9.17) is 4.74 Å². The Bertz CT molecular complexity index is 743. The number of benzene rings is 1. The van der Waals surface area contributed by atoms with Crippen molar-refractivity contribution in [2.45, 2.75) is 12.3 Å². The second-order valence-electron chi connectivity index (χ2n) is 5.64. The molecule has 1 saturated heterocycles. The van der Waals surface area contributed by atoms with Gasteiger partial charge in [-0.1, -0.05) is 29.5 Å². The maximum atomic E-state index is 14.2. The topological polar surface area (TPSA) is 54.5 Å². The van der Waals surface area contributed by atoms with Crippen molar-refractivity contribution < 1.29 is 13.9 Å². The van der Waals surface area contributed by atoms with E-state index in [0.717, 1.165) is 23.1 Å². The summed E-state index contributed by atoms with van der Waals surface area (Å²) in [5, 5.41) is 3.68. The second-order valence-corrected chi connectivity index (χ2v) is 6.64. The number of nitrogens with one attached hydrogen (secondary N) is 1. The van der Waals surface area contributed by atoms with E-state index in [-0.39, 0.29) is 24.1 Å². The molecular weight excluding hydrogens is 317 g/mol. The van der Waals surface area contributed by atoms with Crippen LogP contribution in [-0.2, 0) is 9.53 Å². The van der Waals surface area contributed by atoms with Crippen LogP contribution in [0.3, 0.4) is 0 Å². The lowest BCUT2D eigenvalue weighted by atomic mass is 9.91. The van der Waals surface area contributed by atoms with Gasteiger partial charge in [0.05, 0.1) is 18.1 Å². The summed E-state index contributed by atoms with van der Waals surface area (Å²) in [6.45, 7) is 2.91. The zero-order chi connectivity index (χ0) is 15.8. The number of carbonyl (C=O) groups excluding carboxylic acids is 1. The third-order valence-electron chi connectivity index (χ3n) is 4.17. The van der Waals surface area contributed by atoms with Gasteiger partial charge >= 0.3 is 0 Å². The van der Waals surface area contributed by atoms with Crippen molar-refractivity contribution in [1.82, 2.24) is 4.98 Å². The molecule has 1 amide bonds. The molecule has 5 nitrogen and oxygen atoms in total. The lowest BCUT2D eigenvalue weighted by Gasteiger charge is -2.26. The predicted molar refractivity (Wildman–Crippen MR) is 86.6 cm³/mol. The molecule has 1 atom stereocenters. The molecule has 2 aromatic rings. The summed E-state index contributed by atoms with van der Waals surface area (Å²) >= 11 is 1.53. The summed E-state index contributed by atoms with van der Waals surface area (Å²) in [4.78, 5) is 19.6. The lowest BCUT2D eigenvalue weighted by Crippen LogP contribution is -2.36. The van der Waals surface area contributed by atoms with E-state index in [2.05, 4.69) is 15.2 Å². The molecule has 0 saturated carbocycles. The van der Waals surface area contributed by atoms with Crippen LogP contribution in [0.4, 0.5) is 15.3 Å². The minimum absolute atomic E-state index is 0.121. The van der Waals surface area contributed by atoms with Crippen LogP contribution in [0, 0.1) is 5.82 Å². The molecule has 0 radical (unpaired) electrons. The smallest absolute Gasteiger partial charge is 0.226 e. The van der Waals surface area contributed by atoms with Crippen molar-refractivity contribution in [3.63, 3.8) is 0 Å². The first-order chi connectivity index (χ1) is 11.2. The Hall–Kier alpha value is -1.99. The Balaban J connectivity index is 1.73. The fourth-order valence-corrected chi connectivity index (χ4v) is 4.20. The normalized spacial score (nSPS) is 21.0. The first-order valence-corrected chi connectivity index (χ1v) is 8.41. The minimum Gasteiger partial charge on any atom is -0.378 e. The fourth-order valence-electron chi connectivity index (χ4n) is 3.01. The number of carbonyl (C=O) groups is 1. The lowest BCUT2D eigenvalue weighted by molar-refractivity contribution is -0.116. The summed E-state index contributed by atoms with van der Waals surface area (Å²) < 4.78 is 19.5. The van der Waals surface area contributed by atoms with Crippen molar-refractivity contribution in [2.75, 3.05) is 36.5 Å². The standard InChI is InChI=1S/C16H16FN3O2S/c17-12-4-2-1-3-10(12)11-9-13(21)18-15-14(11)23-16(19-15)20-5-7-22-8-6-20/h1-4,11H,5-9H2,(H,18,21). The predicted octanol–water partition coefficient (Wildman–Crippen LogP) is 2.59. The van der Waals surface area contributed by atoms with Crippen molar-refractivity contribution in [3.8, 4) is 0 Å². The molecule has 1 unspecified atom stereocenters. The summed E-state index contributed by atoms with van der Waals surface area (Å²) in [5.74, 6) is -0.0997. The highest BCUT2D eigenvalue weighted by Crippen LogP contribution is 2.43. The number of morpholine rings is 1. The average molecular weight is 333 g/mol. The van der Waals surface area contributed by atoms with Crippen LogP contribution in [0.15, 0.2) is 24.3 Å². The maximum absolute atomic E-state index is 14.2. The Labute approximate surface area is 137 Å². The van der Waals surface area contributed by atoms with E-state index < -0.39 is 0 Å². The SMILES string of the molecule is O=C1CC(c2ccccc2F)c2sc(N3CCOCC3)nc2N1. The highest BCUT2D eigenvalue weighted by atomic mass is 32.1. The van der Waals surface area contributed by atoms with Crippen molar-refractivity contribution >= 4 is 28.2 Å². The molecule has 2 aliphatic heterocycles. The number of hydrogen-bond donors (Lipinski definition) is 1. The van der Waals surface area contributed by atoms with Crippen LogP contribution >= 0.6 is 11.3 Å². The third-order valence-corrected chi connectivity index (χ3v) is 5.40. The molecule has 4 rings (SSSR count). The average Bonchev–Trinajstić information content (AvgIpc) is 2.99. The Morgan fingerprint density at radius 1 is 1.30 bits per heavy atom. The summed E-state index contributed by atoms with van der Waals surface area (Å²) in [7, 11) is 0. The molecular formula is C16H16FN3O2S. The molecule has 7 heteroatoms. The van der Waals surface area contributed by atoms with Gasteiger partial charge in [0.25, 0.3) is 0 Å². The quantitative estimate of drug-likeness (QED) is 0.918. The number of anilines is 2. The molecule has 23 heavy (non-hydrogen) atoms. The first-order valence-electron chi connectivity index (χ1n) is 7.60. The van der Waals surface area contributed by atoms with Gasteiger partial charge < -0.3 is 15.0 Å². The van der Waals surface area contributed by atoms with Crippen LogP contribution < -0.4 is 10.2 Å². The minimum atomic E-state index is -0.278. The van der Waals surface area contributed by atoms with Gasteiger partial charge in [0.2, 0.25) is 5.91 Å². The molecule has 1 aromatic carbocycles. The van der Waals surface area contributed by atoms with E-state index in [1.165, 1.54) is 17.4 Å². The number of rotatable bonds is 2. The largest absolute Gasteiger partial charge is 0.378 e. The summed E-state index contributed by atoms with van der Waals surface area (Å²) in [5.41, 5.74) is 0.556. The molecule has 1 aromatic heterocycles. The van der Waals surface area contributed by atoms with E-state index in [0.29, 0.717) is 24.6 Å². The van der Waals surface area contributed by atoms with Crippen molar-refractivity contribution in [2.24, 2.45) is 0 Å². The van der Waals surface area contributed by atoms with Gasteiger partial charge in [-0.05, 0) is 11.6 Å². The number of aromatic nitrogens is 1. The van der Waals surface area contributed by atoms with Gasteiger partial charge in [0, 0.05) is 25.4 Å². The monoisotopic (exact) mass is 333 g/mol. The molecule has 120 valence electrons. The maximum Gasteiger partial charge on any atom is 0.226 e. The highest BCUT2D eigenvalue weighted by molar-refractivity contribution is 7.16. The molecule has 0 bridgehead atoms. The molecule has 1 N–H and O–H groups in total. The van der Waals surface area contributed by atoms with E-state index in [1.807, 2.05) is 0 Å². The zero-order valence-corrected chi connectivity index (χ0v) is 13.2. The summed E-state index contributed by atoms with van der Waals surface area (Å²) in [6, 6.07) is 6.64. The number of fused-ring (bicyclic) bond motifs is 1. The number of amides is 1. The third kappa shape index (κ3) is 2.70. The zero-order valence-electron chi connectivity index (χ0n) is 12.4. The first kappa shape index (κ1) is 14.6. The number of hydrogen-bond acceptors (Lipinski definition) is 5. The Kier molecular flexibility index (Phi) is 3.74. The van der Waals surface area contributed by atoms with E-state index >= 15 is 0 Å². The Morgan fingerprint density at radius 3 is 2.87 bits per heavy atom. The van der Waals surface area contributed by atoms with Gasteiger partial charge in [-0.15, -0.1) is 0 Å². The summed E-state index contributed by atoms with van der Waals surface area (Å²) in [6.07, 6.45) is 0.249. The molecule has 0 aliphatic carbocycles. The molecule has 2 aliphatic rings. The molecule has 0 spiro atoms. The van der Waals surface area contributed by atoms with Crippen LogP contribution in [0.5, 0.6) is 0 Å². The Morgan fingerprint density at radius 2 is 2.09 bits per heavy atom. The second kappa shape index (κ2) is 5.90. The highest BCUT2D eigenvalue weighted by Gasteiger charge is 2.32. The van der Waals surface area contributed by atoms with Gasteiger partial charge in [0.1, 0.15) is 11.6 Å². The number of nitrogens with zero attached hydrogens (tertiary/aromatic N) is 2. The van der Waals surface area contributed by atoms with E-state index in [1.54, 1.807) is 18.2 Å². The van der Waals surface area contributed by atoms with Crippen molar-refractivity contribution in [3.05, 3.63) is 40.5 Å². The number of halogens is 1. The molecule has 3 heterocycles. The number of ether oxygens (including phenoxy) is 1. The van der Waals surface area contributed by atoms with Crippen LogP contribution in [-0.4, -0.2) is 37.2 Å². The van der Waals surface area contributed by atoms with Gasteiger partial charge in [-0.25, -0.2) is 9.37 Å². The van der Waals surface area contributed by atoms with Crippen LogP contribution in [0.1, 0.15) is 22.8 Å². The van der Waals surface area contributed by atoms with E-state index in [9.17, 15) is 9.18 Å². The fraction of sp³-hybridized carbons (Fsp3) is 0.375.